The second-order valence-corrected chi connectivity index (χ2v) is 20.8. The number of hydrogen-bond donors (Lipinski definition) is 0. The highest BCUT2D eigenvalue weighted by Crippen LogP contribution is 2.46. The van der Waals surface area contributed by atoms with E-state index < -0.39 is 0 Å². The molecule has 0 aliphatic carbocycles. The van der Waals surface area contributed by atoms with E-state index in [9.17, 15) is 0 Å². The molecule has 0 fully saturated rings. The van der Waals surface area contributed by atoms with Gasteiger partial charge >= 0.3 is 0 Å². The van der Waals surface area contributed by atoms with Crippen LogP contribution in [0.1, 0.15) is 22.3 Å². The third-order valence-electron chi connectivity index (χ3n) is 14.6. The lowest BCUT2D eigenvalue weighted by atomic mass is 9.89. The van der Waals surface area contributed by atoms with E-state index in [1.165, 1.54) is 65.9 Å². The molecule has 356 valence electrons. The van der Waals surface area contributed by atoms with E-state index in [0.29, 0.717) is 17.5 Å². The van der Waals surface area contributed by atoms with Crippen molar-refractivity contribution in [1.29, 1.82) is 0 Å². The maximum Gasteiger partial charge on any atom is 0.164 e. The zero-order valence-electron chi connectivity index (χ0n) is 41.9. The van der Waals surface area contributed by atoms with E-state index in [0.717, 1.165) is 71.1 Å². The topological polar surface area (TPSA) is 61.4 Å². The molecule has 0 unspecified atom stereocenters. The van der Waals surface area contributed by atoms with Gasteiger partial charge in [0, 0.05) is 55.2 Å². The minimum Gasteiger partial charge on any atom is -0.309 e. The number of aryl methyl sites for hydroxylation is 4. The van der Waals surface area contributed by atoms with Crippen LogP contribution in [0.5, 0.6) is 0 Å². The van der Waals surface area contributed by atoms with Crippen LogP contribution in [0.2, 0.25) is 0 Å². The second-order valence-electron chi connectivity index (χ2n) is 19.8. The number of hydrogen-bond acceptors (Lipinski definition) is 5. The Morgan fingerprint density at radius 2 is 0.693 bits per heavy atom. The molecule has 0 N–H and O–H groups in total. The summed E-state index contributed by atoms with van der Waals surface area (Å²) < 4.78 is 5.92. The lowest BCUT2D eigenvalue weighted by Gasteiger charge is -2.18. The summed E-state index contributed by atoms with van der Waals surface area (Å²) in [5, 5.41) is 5.96. The van der Waals surface area contributed by atoms with Crippen molar-refractivity contribution in [2.45, 2.75) is 27.7 Å². The molecule has 0 amide bonds. The Balaban J connectivity index is 1.02. The number of fused-ring (bicyclic) bond motifs is 7. The van der Waals surface area contributed by atoms with Crippen molar-refractivity contribution < 1.29 is 0 Å². The molecule has 0 saturated carbocycles. The van der Waals surface area contributed by atoms with Crippen molar-refractivity contribution >= 4 is 65.2 Å². The van der Waals surface area contributed by atoms with Crippen molar-refractivity contribution in [3.05, 3.63) is 241 Å². The first-order chi connectivity index (χ1) is 36.8. The molecule has 0 atom stereocenters. The van der Waals surface area contributed by atoms with E-state index in [2.05, 4.69) is 219 Å². The molecular weight excluding hydrogens is 933 g/mol. The summed E-state index contributed by atoms with van der Waals surface area (Å²) in [6.07, 6.45) is 0. The van der Waals surface area contributed by atoms with E-state index >= 15 is 0 Å². The van der Waals surface area contributed by atoms with Gasteiger partial charge in [-0.3, -0.25) is 0 Å². The monoisotopic (exact) mass is 980 g/mol. The van der Waals surface area contributed by atoms with Crippen LogP contribution in [0.25, 0.3) is 132 Å². The zero-order valence-corrected chi connectivity index (χ0v) is 42.7. The van der Waals surface area contributed by atoms with Crippen molar-refractivity contribution in [2.75, 3.05) is 0 Å². The highest BCUT2D eigenvalue weighted by atomic mass is 32.1. The van der Waals surface area contributed by atoms with Crippen LogP contribution < -0.4 is 0 Å². The Kier molecular flexibility index (Phi) is 10.5. The highest BCUT2D eigenvalue weighted by molar-refractivity contribution is 7.21. The van der Waals surface area contributed by atoms with Crippen LogP contribution in [0, 0.1) is 27.7 Å². The molecule has 0 radical (unpaired) electrons. The Hall–Kier alpha value is -9.30. The van der Waals surface area contributed by atoms with Gasteiger partial charge < -0.3 is 9.13 Å². The van der Waals surface area contributed by atoms with Gasteiger partial charge in [-0.1, -0.05) is 144 Å². The zero-order chi connectivity index (χ0) is 50.3. The summed E-state index contributed by atoms with van der Waals surface area (Å²) in [6.45, 7) is 8.67. The number of aromatic nitrogens is 6. The molecular formula is C68H48N6S. The fourth-order valence-electron chi connectivity index (χ4n) is 11.0. The fourth-order valence-corrected chi connectivity index (χ4v) is 12.1. The Morgan fingerprint density at radius 3 is 1.09 bits per heavy atom. The molecule has 0 aliphatic heterocycles. The quantitative estimate of drug-likeness (QED) is 0.152. The van der Waals surface area contributed by atoms with Gasteiger partial charge in [0.25, 0.3) is 0 Å². The van der Waals surface area contributed by atoms with Gasteiger partial charge in [-0.25, -0.2) is 19.9 Å². The summed E-state index contributed by atoms with van der Waals surface area (Å²) in [5.41, 5.74) is 20.8. The Morgan fingerprint density at radius 1 is 0.320 bits per heavy atom. The normalized spacial score (nSPS) is 11.7. The molecule has 10 aromatic carbocycles. The summed E-state index contributed by atoms with van der Waals surface area (Å²) >= 11 is 1.72. The largest absolute Gasteiger partial charge is 0.309 e. The SMILES string of the molecule is Cc1ccc2c(c1)c1cc(C)ccc1n2-c1ccc(-c2cc(-c3nc(-c4ccccc4)nc(-c4ccccc4)n3)cc(-c3ccc(-n4c5ccc(C)cc5c5cc(C)ccc54)cc3)c2-c2nc3ccccc3s2)cc1. The maximum absolute atomic E-state index is 5.42. The van der Waals surface area contributed by atoms with Crippen LogP contribution >= 0.6 is 11.3 Å². The second kappa shape index (κ2) is 17.7. The smallest absolute Gasteiger partial charge is 0.164 e. The molecule has 0 spiro atoms. The van der Waals surface area contributed by atoms with Crippen LogP contribution in [0.4, 0.5) is 0 Å². The van der Waals surface area contributed by atoms with Crippen LogP contribution in [0.15, 0.2) is 218 Å². The third kappa shape index (κ3) is 7.70. The molecule has 4 aromatic heterocycles. The maximum atomic E-state index is 5.42. The number of benzene rings is 10. The average molecular weight is 981 g/mol. The van der Waals surface area contributed by atoms with E-state index in [1.54, 1.807) is 11.3 Å². The van der Waals surface area contributed by atoms with Gasteiger partial charge in [0.1, 0.15) is 5.01 Å². The first-order valence-electron chi connectivity index (χ1n) is 25.4. The number of para-hydroxylation sites is 1. The van der Waals surface area contributed by atoms with E-state index in [-0.39, 0.29) is 0 Å². The van der Waals surface area contributed by atoms with Crippen molar-refractivity contribution in [3.8, 4) is 78.4 Å². The summed E-state index contributed by atoms with van der Waals surface area (Å²) in [4.78, 5) is 21.1. The number of thiazole rings is 1. The Labute approximate surface area is 438 Å². The number of rotatable bonds is 8. The van der Waals surface area contributed by atoms with Crippen molar-refractivity contribution in [3.63, 3.8) is 0 Å². The first-order valence-corrected chi connectivity index (χ1v) is 26.3. The predicted molar refractivity (Wildman–Crippen MR) is 313 cm³/mol. The van der Waals surface area contributed by atoms with E-state index in [4.69, 9.17) is 19.9 Å². The highest BCUT2D eigenvalue weighted by Gasteiger charge is 2.24. The molecule has 4 heterocycles. The summed E-state index contributed by atoms with van der Waals surface area (Å²) in [6, 6.07) is 78.6. The summed E-state index contributed by atoms with van der Waals surface area (Å²) in [5.74, 6) is 1.81. The van der Waals surface area contributed by atoms with Crippen molar-refractivity contribution in [2.24, 2.45) is 0 Å². The van der Waals surface area contributed by atoms with E-state index in [1.807, 2.05) is 36.4 Å². The van der Waals surface area contributed by atoms with Crippen molar-refractivity contribution in [1.82, 2.24) is 29.1 Å². The molecule has 0 bridgehead atoms. The lowest BCUT2D eigenvalue weighted by Crippen LogP contribution is -2.01. The molecule has 14 rings (SSSR count). The molecule has 0 saturated heterocycles. The van der Waals surface area contributed by atoms with Crippen LogP contribution in [-0.2, 0) is 0 Å². The predicted octanol–water partition coefficient (Wildman–Crippen LogP) is 17.9. The van der Waals surface area contributed by atoms with Gasteiger partial charge in [-0.2, -0.15) is 0 Å². The standard InChI is InChI=1S/C68H48N6S/c1-41-19-31-59-54(35-41)55-36-42(2)20-32-60(55)73(59)50-27-23-45(24-28-50)52-39-49(67-71-65(47-13-7-5-8-14-47)70-66(72-67)48-15-9-6-10-16-48)40-53(64(52)68-69-58-17-11-12-18-63(58)75-68)46-25-29-51(30-26-46)74-61-33-21-43(3)37-56(61)57-38-44(4)22-34-62(57)74/h5-40H,1-4H3. The molecule has 14 aromatic rings. The lowest BCUT2D eigenvalue weighted by molar-refractivity contribution is 1.07. The molecule has 7 heteroatoms. The number of nitrogens with zero attached hydrogens (tertiary/aromatic N) is 6. The third-order valence-corrected chi connectivity index (χ3v) is 15.7. The van der Waals surface area contributed by atoms with Gasteiger partial charge in [-0.15, -0.1) is 11.3 Å². The van der Waals surface area contributed by atoms with Gasteiger partial charge in [0.15, 0.2) is 17.5 Å². The molecule has 0 aliphatic rings. The summed E-state index contributed by atoms with van der Waals surface area (Å²) in [7, 11) is 0. The average Bonchev–Trinajstić information content (AvgIpc) is 4.17. The first kappa shape index (κ1) is 44.4. The minimum atomic E-state index is 0.584. The Bertz CT molecular complexity index is 4150. The van der Waals surface area contributed by atoms with Gasteiger partial charge in [-0.05, 0) is 147 Å². The molecule has 6 nitrogen and oxygen atoms in total. The minimum absolute atomic E-state index is 0.584. The molecule has 75 heavy (non-hydrogen) atoms. The van der Waals surface area contributed by atoms with Crippen LogP contribution in [0.3, 0.4) is 0 Å². The van der Waals surface area contributed by atoms with Crippen LogP contribution in [-0.4, -0.2) is 29.1 Å². The fraction of sp³-hybridized carbons (Fsp3) is 0.0588. The van der Waals surface area contributed by atoms with Gasteiger partial charge in [0.05, 0.1) is 32.3 Å². The van der Waals surface area contributed by atoms with Gasteiger partial charge in [0.2, 0.25) is 0 Å².